The van der Waals surface area contributed by atoms with Crippen molar-refractivity contribution in [2.45, 2.75) is 51.0 Å². The number of carbonyl (C=O) groups is 1. The fraction of sp³-hybridized carbons (Fsp3) is 0.357. The van der Waals surface area contributed by atoms with Crippen LogP contribution in [0.4, 0.5) is 4.39 Å². The second-order valence-electron chi connectivity index (χ2n) is 9.11. The van der Waals surface area contributed by atoms with Crippen molar-refractivity contribution in [1.29, 1.82) is 0 Å². The minimum Gasteiger partial charge on any atom is -0.396 e. The number of nitrogens with zero attached hydrogens (tertiary/aromatic N) is 2. The SMILES string of the molecule is Cc1cc(-c2ccc([C@H](C)N3CCC(CCCO)(c4ccc(F)cc4)CC3=O)cc2)ccn1. The monoisotopic (exact) mass is 446 g/mol. The Morgan fingerprint density at radius 3 is 2.45 bits per heavy atom. The first-order valence-electron chi connectivity index (χ1n) is 11.6. The number of piperidine rings is 1. The number of rotatable bonds is 7. The van der Waals surface area contributed by atoms with E-state index in [1.807, 2.05) is 24.1 Å². The summed E-state index contributed by atoms with van der Waals surface area (Å²) < 4.78 is 13.5. The Morgan fingerprint density at radius 1 is 1.09 bits per heavy atom. The van der Waals surface area contributed by atoms with Crippen LogP contribution in [-0.4, -0.2) is 34.0 Å². The highest BCUT2D eigenvalue weighted by molar-refractivity contribution is 5.79. The van der Waals surface area contributed by atoms with Crippen molar-refractivity contribution in [1.82, 2.24) is 9.88 Å². The Hall–Kier alpha value is -3.05. The number of hydrogen-bond donors (Lipinski definition) is 1. The van der Waals surface area contributed by atoms with E-state index >= 15 is 0 Å². The molecule has 1 amide bonds. The Morgan fingerprint density at radius 2 is 1.82 bits per heavy atom. The van der Waals surface area contributed by atoms with E-state index in [2.05, 4.69) is 42.2 Å². The van der Waals surface area contributed by atoms with Crippen molar-refractivity contribution in [3.63, 3.8) is 0 Å². The Bertz CT molecular complexity index is 1100. The summed E-state index contributed by atoms with van der Waals surface area (Å²) in [6, 6.07) is 18.9. The molecular weight excluding hydrogens is 415 g/mol. The lowest BCUT2D eigenvalue weighted by atomic mass is 9.69. The fourth-order valence-corrected chi connectivity index (χ4v) is 5.03. The molecule has 1 N–H and O–H groups in total. The van der Waals surface area contributed by atoms with E-state index in [1.54, 1.807) is 12.1 Å². The summed E-state index contributed by atoms with van der Waals surface area (Å²) in [6.07, 6.45) is 4.32. The maximum absolute atomic E-state index is 13.5. The van der Waals surface area contributed by atoms with Crippen LogP contribution < -0.4 is 0 Å². The van der Waals surface area contributed by atoms with Gasteiger partial charge in [0.25, 0.3) is 0 Å². The van der Waals surface area contributed by atoms with Crippen molar-refractivity contribution in [2.24, 2.45) is 0 Å². The molecule has 0 aliphatic carbocycles. The number of pyridine rings is 1. The third-order valence-corrected chi connectivity index (χ3v) is 7.00. The van der Waals surface area contributed by atoms with Gasteiger partial charge < -0.3 is 10.0 Å². The standard InChI is InChI=1S/C28H31FN2O2/c1-20-18-24(12-15-30-20)23-6-4-22(5-7-23)21(2)31-16-14-28(13-3-17-32,19-27(31)33)25-8-10-26(29)11-9-25/h4-12,15,18,21,32H,3,13-14,16-17,19H2,1-2H3/t21-,28?/m0/s1. The molecule has 1 fully saturated rings. The molecule has 4 rings (SSSR count). The lowest BCUT2D eigenvalue weighted by molar-refractivity contribution is -0.138. The number of likely N-dealkylation sites (tertiary alicyclic amines) is 1. The van der Waals surface area contributed by atoms with Gasteiger partial charge in [-0.15, -0.1) is 0 Å². The highest BCUT2D eigenvalue weighted by Gasteiger charge is 2.41. The summed E-state index contributed by atoms with van der Waals surface area (Å²) in [5, 5.41) is 9.42. The van der Waals surface area contributed by atoms with E-state index in [9.17, 15) is 14.3 Å². The number of benzene rings is 2. The van der Waals surface area contributed by atoms with Crippen molar-refractivity contribution in [3.05, 3.63) is 89.5 Å². The molecule has 2 heterocycles. The van der Waals surface area contributed by atoms with Crippen molar-refractivity contribution >= 4 is 5.91 Å². The quantitative estimate of drug-likeness (QED) is 0.515. The molecule has 4 nitrogen and oxygen atoms in total. The van der Waals surface area contributed by atoms with E-state index < -0.39 is 0 Å². The number of aliphatic hydroxyl groups is 1. The van der Waals surface area contributed by atoms with Crippen molar-refractivity contribution in [3.8, 4) is 11.1 Å². The number of hydrogen-bond acceptors (Lipinski definition) is 3. The van der Waals surface area contributed by atoms with Gasteiger partial charge in [0.15, 0.2) is 0 Å². The molecule has 1 aliphatic rings. The molecule has 0 saturated carbocycles. The fourth-order valence-electron chi connectivity index (χ4n) is 5.03. The van der Waals surface area contributed by atoms with Crippen LogP contribution in [0.1, 0.15) is 55.5 Å². The first-order valence-corrected chi connectivity index (χ1v) is 11.6. The Balaban J connectivity index is 1.51. The van der Waals surface area contributed by atoms with Gasteiger partial charge in [0.05, 0.1) is 6.04 Å². The van der Waals surface area contributed by atoms with Crippen LogP contribution >= 0.6 is 0 Å². The van der Waals surface area contributed by atoms with Crippen LogP contribution in [-0.2, 0) is 10.2 Å². The Labute approximate surface area is 195 Å². The molecule has 172 valence electrons. The molecule has 2 aromatic carbocycles. The topological polar surface area (TPSA) is 53.4 Å². The lowest BCUT2D eigenvalue weighted by Gasteiger charge is -2.44. The Kier molecular flexibility index (Phi) is 6.89. The van der Waals surface area contributed by atoms with Crippen LogP contribution in [0.25, 0.3) is 11.1 Å². The first kappa shape index (κ1) is 23.1. The highest BCUT2D eigenvalue weighted by atomic mass is 19.1. The van der Waals surface area contributed by atoms with Gasteiger partial charge in [-0.1, -0.05) is 36.4 Å². The summed E-state index contributed by atoms with van der Waals surface area (Å²) in [6.45, 7) is 4.77. The second-order valence-corrected chi connectivity index (χ2v) is 9.11. The molecule has 0 radical (unpaired) electrons. The average Bonchev–Trinajstić information content (AvgIpc) is 2.83. The van der Waals surface area contributed by atoms with Gasteiger partial charge in [0, 0.05) is 36.9 Å². The predicted octanol–water partition coefficient (Wildman–Crippen LogP) is 5.59. The normalized spacial score (nSPS) is 19.5. The summed E-state index contributed by atoms with van der Waals surface area (Å²) in [5.41, 5.74) is 4.96. The van der Waals surface area contributed by atoms with Gasteiger partial charge in [0.2, 0.25) is 5.91 Å². The van der Waals surface area contributed by atoms with Gasteiger partial charge in [-0.3, -0.25) is 9.78 Å². The molecule has 1 aromatic heterocycles. The van der Waals surface area contributed by atoms with Gasteiger partial charge in [-0.25, -0.2) is 4.39 Å². The molecule has 0 bridgehead atoms. The van der Waals surface area contributed by atoms with Gasteiger partial charge in [-0.05, 0) is 79.6 Å². The van der Waals surface area contributed by atoms with E-state index in [4.69, 9.17) is 0 Å². The summed E-state index contributed by atoms with van der Waals surface area (Å²) in [7, 11) is 0. The number of halogens is 1. The van der Waals surface area contributed by atoms with Crippen LogP contribution in [0.3, 0.4) is 0 Å². The zero-order valence-corrected chi connectivity index (χ0v) is 19.3. The average molecular weight is 447 g/mol. The number of carbonyl (C=O) groups excluding carboxylic acids is 1. The van der Waals surface area contributed by atoms with Crippen molar-refractivity contribution in [2.75, 3.05) is 13.2 Å². The number of aryl methyl sites for hydroxylation is 1. The summed E-state index contributed by atoms with van der Waals surface area (Å²) in [5.74, 6) is -0.177. The molecule has 2 atom stereocenters. The van der Waals surface area contributed by atoms with Crippen molar-refractivity contribution < 1.29 is 14.3 Å². The molecule has 0 spiro atoms. The zero-order valence-electron chi connectivity index (χ0n) is 19.3. The van der Waals surface area contributed by atoms with Crippen LogP contribution in [0.15, 0.2) is 66.9 Å². The molecular formula is C28H31FN2O2. The van der Waals surface area contributed by atoms with Gasteiger partial charge in [0.1, 0.15) is 5.82 Å². The first-order chi connectivity index (χ1) is 15.9. The molecule has 1 aliphatic heterocycles. The molecule has 1 saturated heterocycles. The predicted molar refractivity (Wildman–Crippen MR) is 128 cm³/mol. The number of aromatic nitrogens is 1. The number of amides is 1. The third-order valence-electron chi connectivity index (χ3n) is 7.00. The van der Waals surface area contributed by atoms with E-state index in [-0.39, 0.29) is 29.8 Å². The largest absolute Gasteiger partial charge is 0.396 e. The molecule has 3 aromatic rings. The van der Waals surface area contributed by atoms with Gasteiger partial charge >= 0.3 is 0 Å². The van der Waals surface area contributed by atoms with Gasteiger partial charge in [-0.2, -0.15) is 0 Å². The number of aliphatic hydroxyl groups excluding tert-OH is 1. The summed E-state index contributed by atoms with van der Waals surface area (Å²) >= 11 is 0. The maximum Gasteiger partial charge on any atom is 0.223 e. The van der Waals surface area contributed by atoms with E-state index in [0.29, 0.717) is 25.8 Å². The second kappa shape index (κ2) is 9.84. The molecule has 5 heteroatoms. The third kappa shape index (κ3) is 4.98. The highest BCUT2D eigenvalue weighted by Crippen LogP contribution is 2.42. The smallest absolute Gasteiger partial charge is 0.223 e. The molecule has 33 heavy (non-hydrogen) atoms. The van der Waals surface area contributed by atoms with E-state index in [1.165, 1.54) is 12.1 Å². The van der Waals surface area contributed by atoms with Crippen LogP contribution in [0.2, 0.25) is 0 Å². The minimum atomic E-state index is -0.354. The zero-order chi connectivity index (χ0) is 23.4. The molecule has 1 unspecified atom stereocenters. The lowest BCUT2D eigenvalue weighted by Crippen LogP contribution is -2.47. The maximum atomic E-state index is 13.5. The van der Waals surface area contributed by atoms with E-state index in [0.717, 1.165) is 34.4 Å². The summed E-state index contributed by atoms with van der Waals surface area (Å²) in [4.78, 5) is 19.5. The van der Waals surface area contributed by atoms with Crippen LogP contribution in [0.5, 0.6) is 0 Å². The minimum absolute atomic E-state index is 0.0326. The van der Waals surface area contributed by atoms with Crippen LogP contribution in [0, 0.1) is 12.7 Å².